The van der Waals surface area contributed by atoms with Crippen molar-refractivity contribution in [1.82, 2.24) is 0 Å². The van der Waals surface area contributed by atoms with E-state index in [1.807, 2.05) is 12.1 Å². The smallest absolute Gasteiger partial charge is 0.340 e. The standard InChI is InChI=1S/C14H13ClN2O2/c1-19-14(18)11-3-2-4-12(13(11)16)17-10-7-5-9(15)6-8-10/h2-8,17H,16H2,1H3. The third kappa shape index (κ3) is 2.98. The van der Waals surface area contributed by atoms with Crippen molar-refractivity contribution in [3.05, 3.63) is 53.1 Å². The molecule has 19 heavy (non-hydrogen) atoms. The molecule has 0 heterocycles. The van der Waals surface area contributed by atoms with E-state index in [4.69, 9.17) is 17.3 Å². The van der Waals surface area contributed by atoms with E-state index < -0.39 is 5.97 Å². The number of methoxy groups -OCH3 is 1. The second kappa shape index (κ2) is 5.63. The number of hydrogen-bond acceptors (Lipinski definition) is 4. The minimum Gasteiger partial charge on any atom is -0.465 e. The first kappa shape index (κ1) is 13.2. The summed E-state index contributed by atoms with van der Waals surface area (Å²) >= 11 is 5.82. The maximum Gasteiger partial charge on any atom is 0.340 e. The number of anilines is 3. The van der Waals surface area contributed by atoms with E-state index in [0.29, 0.717) is 22.0 Å². The van der Waals surface area contributed by atoms with Crippen molar-refractivity contribution in [3.63, 3.8) is 0 Å². The van der Waals surface area contributed by atoms with Crippen LogP contribution in [0.5, 0.6) is 0 Å². The van der Waals surface area contributed by atoms with Crippen molar-refractivity contribution in [1.29, 1.82) is 0 Å². The van der Waals surface area contributed by atoms with Gasteiger partial charge in [0.2, 0.25) is 0 Å². The molecule has 0 aliphatic rings. The molecule has 2 aromatic carbocycles. The largest absolute Gasteiger partial charge is 0.465 e. The lowest BCUT2D eigenvalue weighted by Crippen LogP contribution is -2.07. The highest BCUT2D eigenvalue weighted by Crippen LogP contribution is 2.27. The number of ether oxygens (including phenoxy) is 1. The predicted octanol–water partition coefficient (Wildman–Crippen LogP) is 3.45. The number of carbonyl (C=O) groups excluding carboxylic acids is 1. The molecule has 0 aromatic heterocycles. The van der Waals surface area contributed by atoms with E-state index in [1.165, 1.54) is 7.11 Å². The van der Waals surface area contributed by atoms with Crippen LogP contribution in [-0.2, 0) is 4.74 Å². The molecule has 0 fully saturated rings. The highest BCUT2D eigenvalue weighted by molar-refractivity contribution is 6.30. The summed E-state index contributed by atoms with van der Waals surface area (Å²) in [5.41, 5.74) is 8.11. The Morgan fingerprint density at radius 3 is 2.53 bits per heavy atom. The summed E-state index contributed by atoms with van der Waals surface area (Å²) in [5.74, 6) is -0.461. The van der Waals surface area contributed by atoms with Gasteiger partial charge in [-0.3, -0.25) is 0 Å². The summed E-state index contributed by atoms with van der Waals surface area (Å²) in [6.07, 6.45) is 0. The number of benzene rings is 2. The first-order valence-corrected chi connectivity index (χ1v) is 5.99. The van der Waals surface area contributed by atoms with Crippen molar-refractivity contribution in [2.24, 2.45) is 0 Å². The van der Waals surface area contributed by atoms with Crippen LogP contribution in [0, 0.1) is 0 Å². The molecule has 4 nitrogen and oxygen atoms in total. The first-order valence-electron chi connectivity index (χ1n) is 5.61. The van der Waals surface area contributed by atoms with Crippen LogP contribution in [0.3, 0.4) is 0 Å². The van der Waals surface area contributed by atoms with Gasteiger partial charge in [0.15, 0.2) is 0 Å². The summed E-state index contributed by atoms with van der Waals surface area (Å²) in [7, 11) is 1.32. The molecule has 2 aromatic rings. The van der Waals surface area contributed by atoms with Gasteiger partial charge in [0.1, 0.15) is 0 Å². The highest BCUT2D eigenvalue weighted by Gasteiger charge is 2.12. The molecule has 0 atom stereocenters. The minimum absolute atomic E-state index is 0.335. The van der Waals surface area contributed by atoms with Crippen LogP contribution < -0.4 is 11.1 Å². The molecule has 0 saturated heterocycles. The fourth-order valence-corrected chi connectivity index (χ4v) is 1.78. The number of nitrogens with two attached hydrogens (primary N) is 1. The number of nitrogen functional groups attached to an aromatic ring is 1. The Kier molecular flexibility index (Phi) is 3.92. The number of rotatable bonds is 3. The van der Waals surface area contributed by atoms with Crippen LogP contribution in [0.4, 0.5) is 17.1 Å². The van der Waals surface area contributed by atoms with Gasteiger partial charge in [-0.05, 0) is 36.4 Å². The normalized spacial score (nSPS) is 10.0. The van der Waals surface area contributed by atoms with E-state index in [2.05, 4.69) is 10.1 Å². The van der Waals surface area contributed by atoms with E-state index in [1.54, 1.807) is 30.3 Å². The van der Waals surface area contributed by atoms with E-state index in [9.17, 15) is 4.79 Å². The summed E-state index contributed by atoms with van der Waals surface area (Å²) in [6, 6.07) is 12.3. The maximum absolute atomic E-state index is 11.5. The number of halogens is 1. The summed E-state index contributed by atoms with van der Waals surface area (Å²) in [5, 5.41) is 3.78. The topological polar surface area (TPSA) is 64.3 Å². The summed E-state index contributed by atoms with van der Waals surface area (Å²) in [4.78, 5) is 11.5. The van der Waals surface area contributed by atoms with Gasteiger partial charge in [-0.1, -0.05) is 17.7 Å². The van der Waals surface area contributed by atoms with Crippen LogP contribution in [0.1, 0.15) is 10.4 Å². The molecule has 0 spiro atoms. The van der Waals surface area contributed by atoms with Gasteiger partial charge in [-0.25, -0.2) is 4.79 Å². The Balaban J connectivity index is 2.30. The third-order valence-electron chi connectivity index (χ3n) is 2.63. The van der Waals surface area contributed by atoms with Gasteiger partial charge in [-0.2, -0.15) is 0 Å². The minimum atomic E-state index is -0.461. The molecular weight excluding hydrogens is 264 g/mol. The zero-order chi connectivity index (χ0) is 13.8. The molecule has 0 aliphatic heterocycles. The van der Waals surface area contributed by atoms with Crippen molar-refractivity contribution < 1.29 is 9.53 Å². The SMILES string of the molecule is COC(=O)c1cccc(Nc2ccc(Cl)cc2)c1N. The van der Waals surface area contributed by atoms with E-state index in [0.717, 1.165) is 5.69 Å². The maximum atomic E-state index is 11.5. The fraction of sp³-hybridized carbons (Fsp3) is 0.0714. The monoisotopic (exact) mass is 276 g/mol. The predicted molar refractivity (Wildman–Crippen MR) is 76.9 cm³/mol. The summed E-state index contributed by atoms with van der Waals surface area (Å²) in [6.45, 7) is 0. The quantitative estimate of drug-likeness (QED) is 0.666. The third-order valence-corrected chi connectivity index (χ3v) is 2.89. The Morgan fingerprint density at radius 1 is 1.21 bits per heavy atom. The van der Waals surface area contributed by atoms with Crippen LogP contribution in [0.2, 0.25) is 5.02 Å². The van der Waals surface area contributed by atoms with Crippen LogP contribution >= 0.6 is 11.6 Å². The number of nitrogens with one attached hydrogen (secondary N) is 1. The molecule has 0 saturated carbocycles. The summed E-state index contributed by atoms with van der Waals surface area (Å²) < 4.78 is 4.67. The van der Waals surface area contributed by atoms with Crippen molar-refractivity contribution in [3.8, 4) is 0 Å². The molecule has 0 amide bonds. The molecule has 3 N–H and O–H groups in total. The number of esters is 1. The highest BCUT2D eigenvalue weighted by atomic mass is 35.5. The second-order valence-electron chi connectivity index (χ2n) is 3.89. The van der Waals surface area contributed by atoms with Crippen molar-refractivity contribution >= 4 is 34.6 Å². The number of carbonyl (C=O) groups is 1. The Labute approximate surface area is 116 Å². The molecule has 2 rings (SSSR count). The molecule has 0 aliphatic carbocycles. The second-order valence-corrected chi connectivity index (χ2v) is 4.33. The molecular formula is C14H13ClN2O2. The lowest BCUT2D eigenvalue weighted by Gasteiger charge is -2.12. The fourth-order valence-electron chi connectivity index (χ4n) is 1.65. The zero-order valence-electron chi connectivity index (χ0n) is 10.3. The zero-order valence-corrected chi connectivity index (χ0v) is 11.1. The van der Waals surface area contributed by atoms with Crippen molar-refractivity contribution in [2.45, 2.75) is 0 Å². The van der Waals surface area contributed by atoms with E-state index >= 15 is 0 Å². The number of hydrogen-bond donors (Lipinski definition) is 2. The number of para-hydroxylation sites is 1. The lowest BCUT2D eigenvalue weighted by atomic mass is 10.1. The van der Waals surface area contributed by atoms with E-state index in [-0.39, 0.29) is 0 Å². The van der Waals surface area contributed by atoms with Gasteiger partial charge in [0, 0.05) is 10.7 Å². The molecule has 0 bridgehead atoms. The van der Waals surface area contributed by atoms with Gasteiger partial charge in [0.25, 0.3) is 0 Å². The van der Waals surface area contributed by atoms with Crippen molar-refractivity contribution in [2.75, 3.05) is 18.2 Å². The average molecular weight is 277 g/mol. The molecule has 5 heteroatoms. The molecule has 98 valence electrons. The van der Waals surface area contributed by atoms with Gasteiger partial charge in [0.05, 0.1) is 24.0 Å². The first-order chi connectivity index (χ1) is 9.11. The Morgan fingerprint density at radius 2 is 1.89 bits per heavy atom. The van der Waals surface area contributed by atoms with Crippen LogP contribution in [0.25, 0.3) is 0 Å². The van der Waals surface area contributed by atoms with Gasteiger partial charge >= 0.3 is 5.97 Å². The molecule has 0 unspecified atom stereocenters. The van der Waals surface area contributed by atoms with Crippen LogP contribution in [0.15, 0.2) is 42.5 Å². The molecule has 0 radical (unpaired) electrons. The van der Waals surface area contributed by atoms with Crippen LogP contribution in [-0.4, -0.2) is 13.1 Å². The average Bonchev–Trinajstić information content (AvgIpc) is 2.43. The van der Waals surface area contributed by atoms with Gasteiger partial charge in [-0.15, -0.1) is 0 Å². The Hall–Kier alpha value is -2.20. The lowest BCUT2D eigenvalue weighted by molar-refractivity contribution is 0.0602. The van der Waals surface area contributed by atoms with Gasteiger partial charge < -0.3 is 15.8 Å². The Bertz CT molecular complexity index is 597.